The van der Waals surface area contributed by atoms with E-state index in [0.717, 1.165) is 31.2 Å². The molecule has 110 valence electrons. The van der Waals surface area contributed by atoms with Gasteiger partial charge < -0.3 is 19.0 Å². The van der Waals surface area contributed by atoms with Crippen LogP contribution in [0.5, 0.6) is 0 Å². The molecule has 0 aliphatic rings. The molecule has 5 nitrogen and oxygen atoms in total. The molecule has 1 atom stereocenters. The second-order valence-electron chi connectivity index (χ2n) is 5.07. The van der Waals surface area contributed by atoms with Crippen LogP contribution in [0.1, 0.15) is 37.9 Å². The van der Waals surface area contributed by atoms with Crippen LogP contribution in [-0.4, -0.2) is 28.8 Å². The van der Waals surface area contributed by atoms with E-state index < -0.39 is 0 Å². The van der Waals surface area contributed by atoms with Crippen molar-refractivity contribution in [2.75, 3.05) is 13.2 Å². The molecular formula is C15H23N3O2. The minimum Gasteiger partial charge on any atom is -0.467 e. The molecule has 0 fully saturated rings. The standard InChI is InChI=1S/C15H23N3O2/c1-12(2)19-11-5-7-16-14(13-6-4-10-20-13)15-17-8-9-18(15)3/h4,6,8-10,12,14,16H,5,7,11H2,1-3H3. The lowest BCUT2D eigenvalue weighted by Gasteiger charge is -2.16. The molecule has 1 N–H and O–H groups in total. The topological polar surface area (TPSA) is 52.2 Å². The summed E-state index contributed by atoms with van der Waals surface area (Å²) in [5.41, 5.74) is 0. The molecule has 5 heteroatoms. The van der Waals surface area contributed by atoms with Gasteiger partial charge in [0.1, 0.15) is 17.6 Å². The summed E-state index contributed by atoms with van der Waals surface area (Å²) in [6, 6.07) is 3.84. The van der Waals surface area contributed by atoms with Gasteiger partial charge in [-0.3, -0.25) is 0 Å². The van der Waals surface area contributed by atoms with Crippen molar-refractivity contribution in [1.29, 1.82) is 0 Å². The summed E-state index contributed by atoms with van der Waals surface area (Å²) in [5, 5.41) is 3.48. The first-order chi connectivity index (χ1) is 9.68. The van der Waals surface area contributed by atoms with Crippen molar-refractivity contribution >= 4 is 0 Å². The summed E-state index contributed by atoms with van der Waals surface area (Å²) < 4.78 is 13.1. The number of aryl methyl sites for hydroxylation is 1. The number of imidazole rings is 1. The quantitative estimate of drug-likeness (QED) is 0.753. The van der Waals surface area contributed by atoms with E-state index in [-0.39, 0.29) is 12.1 Å². The zero-order valence-electron chi connectivity index (χ0n) is 12.4. The Morgan fingerprint density at radius 1 is 1.45 bits per heavy atom. The molecule has 2 aromatic rings. The summed E-state index contributed by atoms with van der Waals surface area (Å²) >= 11 is 0. The largest absolute Gasteiger partial charge is 0.467 e. The summed E-state index contributed by atoms with van der Waals surface area (Å²) in [5.74, 6) is 1.83. The lowest BCUT2D eigenvalue weighted by molar-refractivity contribution is 0.0767. The predicted octanol–water partition coefficient (Wildman–Crippen LogP) is 2.51. The Kier molecular flexibility index (Phi) is 5.38. The number of hydrogen-bond acceptors (Lipinski definition) is 4. The Labute approximate surface area is 120 Å². The molecule has 0 amide bonds. The van der Waals surface area contributed by atoms with E-state index in [4.69, 9.17) is 9.15 Å². The summed E-state index contributed by atoms with van der Waals surface area (Å²) in [6.45, 7) is 5.71. The molecule has 0 radical (unpaired) electrons. The SMILES string of the molecule is CC(C)OCCCNC(c1ccco1)c1nccn1C. The van der Waals surface area contributed by atoms with Crippen molar-refractivity contribution in [2.24, 2.45) is 7.05 Å². The zero-order chi connectivity index (χ0) is 14.4. The van der Waals surface area contributed by atoms with Crippen LogP contribution in [0.15, 0.2) is 35.2 Å². The molecule has 0 spiro atoms. The van der Waals surface area contributed by atoms with Crippen LogP contribution >= 0.6 is 0 Å². The van der Waals surface area contributed by atoms with Crippen LogP contribution in [-0.2, 0) is 11.8 Å². The minimum absolute atomic E-state index is 0.0240. The van der Waals surface area contributed by atoms with Gasteiger partial charge in [0.2, 0.25) is 0 Å². The molecule has 20 heavy (non-hydrogen) atoms. The van der Waals surface area contributed by atoms with E-state index >= 15 is 0 Å². The Balaban J connectivity index is 1.93. The van der Waals surface area contributed by atoms with Crippen molar-refractivity contribution in [1.82, 2.24) is 14.9 Å². The fourth-order valence-electron chi connectivity index (χ4n) is 2.07. The maximum Gasteiger partial charge on any atom is 0.133 e. The van der Waals surface area contributed by atoms with Gasteiger partial charge in [-0.05, 0) is 38.9 Å². The van der Waals surface area contributed by atoms with Crippen molar-refractivity contribution in [3.05, 3.63) is 42.4 Å². The number of aromatic nitrogens is 2. The summed E-state index contributed by atoms with van der Waals surface area (Å²) in [6.07, 6.45) is 6.67. The molecule has 2 heterocycles. The second kappa shape index (κ2) is 7.26. The highest BCUT2D eigenvalue weighted by Gasteiger charge is 2.19. The van der Waals surface area contributed by atoms with E-state index in [9.17, 15) is 0 Å². The van der Waals surface area contributed by atoms with Gasteiger partial charge in [0.15, 0.2) is 0 Å². The average molecular weight is 277 g/mol. The molecule has 0 saturated carbocycles. The Hall–Kier alpha value is -1.59. The van der Waals surface area contributed by atoms with Crippen LogP contribution in [0.25, 0.3) is 0 Å². The fraction of sp³-hybridized carbons (Fsp3) is 0.533. The van der Waals surface area contributed by atoms with Gasteiger partial charge in [0.05, 0.1) is 12.4 Å². The van der Waals surface area contributed by atoms with Crippen LogP contribution in [0, 0.1) is 0 Å². The highest BCUT2D eigenvalue weighted by Crippen LogP contribution is 2.20. The third-order valence-electron chi connectivity index (χ3n) is 3.07. The number of hydrogen-bond donors (Lipinski definition) is 1. The van der Waals surface area contributed by atoms with E-state index in [0.29, 0.717) is 0 Å². The summed E-state index contributed by atoms with van der Waals surface area (Å²) in [4.78, 5) is 4.41. The first kappa shape index (κ1) is 14.8. The van der Waals surface area contributed by atoms with Crippen molar-refractivity contribution < 1.29 is 9.15 Å². The maximum absolute atomic E-state index is 5.54. The lowest BCUT2D eigenvalue weighted by Crippen LogP contribution is -2.26. The fourth-order valence-corrected chi connectivity index (χ4v) is 2.07. The van der Waals surface area contributed by atoms with Crippen LogP contribution < -0.4 is 5.32 Å². The number of ether oxygens (including phenoxy) is 1. The molecule has 0 aromatic carbocycles. The van der Waals surface area contributed by atoms with Crippen molar-refractivity contribution in [3.63, 3.8) is 0 Å². The molecular weight excluding hydrogens is 254 g/mol. The van der Waals surface area contributed by atoms with Gasteiger partial charge in [-0.2, -0.15) is 0 Å². The van der Waals surface area contributed by atoms with Gasteiger partial charge >= 0.3 is 0 Å². The van der Waals surface area contributed by atoms with Gasteiger partial charge in [-0.1, -0.05) is 0 Å². The molecule has 2 aromatic heterocycles. The van der Waals surface area contributed by atoms with E-state index in [1.807, 2.05) is 43.8 Å². The number of furan rings is 1. The van der Waals surface area contributed by atoms with Gasteiger partial charge in [-0.25, -0.2) is 4.98 Å². The Morgan fingerprint density at radius 2 is 2.30 bits per heavy atom. The van der Waals surface area contributed by atoms with Crippen LogP contribution in [0.3, 0.4) is 0 Å². The van der Waals surface area contributed by atoms with Crippen LogP contribution in [0.4, 0.5) is 0 Å². The zero-order valence-corrected chi connectivity index (χ0v) is 12.4. The number of nitrogens with one attached hydrogen (secondary N) is 1. The average Bonchev–Trinajstić information content (AvgIpc) is 3.05. The molecule has 2 rings (SSSR count). The Bertz CT molecular complexity index is 491. The predicted molar refractivity (Wildman–Crippen MR) is 77.5 cm³/mol. The normalized spacial score (nSPS) is 13.0. The molecule has 0 bridgehead atoms. The summed E-state index contributed by atoms with van der Waals surface area (Å²) in [7, 11) is 1.99. The van der Waals surface area contributed by atoms with E-state index in [2.05, 4.69) is 10.3 Å². The van der Waals surface area contributed by atoms with E-state index in [1.54, 1.807) is 12.5 Å². The highest BCUT2D eigenvalue weighted by molar-refractivity contribution is 5.15. The number of nitrogens with zero attached hydrogens (tertiary/aromatic N) is 2. The lowest BCUT2D eigenvalue weighted by atomic mass is 10.2. The minimum atomic E-state index is -0.0240. The number of rotatable bonds is 8. The molecule has 0 aliphatic carbocycles. The van der Waals surface area contributed by atoms with Crippen LogP contribution in [0.2, 0.25) is 0 Å². The highest BCUT2D eigenvalue weighted by atomic mass is 16.5. The van der Waals surface area contributed by atoms with Gasteiger partial charge in [-0.15, -0.1) is 0 Å². The third-order valence-corrected chi connectivity index (χ3v) is 3.07. The third kappa shape index (κ3) is 3.95. The molecule has 0 saturated heterocycles. The first-order valence-electron chi connectivity index (χ1n) is 7.04. The van der Waals surface area contributed by atoms with E-state index in [1.165, 1.54) is 0 Å². The molecule has 0 aliphatic heterocycles. The van der Waals surface area contributed by atoms with Gasteiger partial charge in [0, 0.05) is 26.0 Å². The van der Waals surface area contributed by atoms with Crippen molar-refractivity contribution in [2.45, 2.75) is 32.4 Å². The second-order valence-corrected chi connectivity index (χ2v) is 5.07. The van der Waals surface area contributed by atoms with Crippen molar-refractivity contribution in [3.8, 4) is 0 Å². The Morgan fingerprint density at radius 3 is 2.90 bits per heavy atom. The van der Waals surface area contributed by atoms with Gasteiger partial charge in [0.25, 0.3) is 0 Å². The molecule has 1 unspecified atom stereocenters. The maximum atomic E-state index is 5.54. The smallest absolute Gasteiger partial charge is 0.133 e. The first-order valence-corrected chi connectivity index (χ1v) is 7.04. The monoisotopic (exact) mass is 277 g/mol.